The molecule has 1 aliphatic heterocycles. The van der Waals surface area contributed by atoms with Crippen LogP contribution in [0.4, 0.5) is 25.0 Å². The van der Waals surface area contributed by atoms with Crippen LogP contribution in [0.5, 0.6) is 0 Å². The van der Waals surface area contributed by atoms with Gasteiger partial charge in [0.2, 0.25) is 10.0 Å². The van der Waals surface area contributed by atoms with Crippen molar-refractivity contribution in [3.63, 3.8) is 0 Å². The number of amides is 3. The van der Waals surface area contributed by atoms with E-state index in [1.807, 2.05) is 12.1 Å². The largest absolute Gasteiger partial charge is 0.348 e. The first kappa shape index (κ1) is 32.9. The van der Waals surface area contributed by atoms with E-state index in [4.69, 9.17) is 0 Å². The van der Waals surface area contributed by atoms with Crippen LogP contribution in [0.15, 0.2) is 66.7 Å². The number of likely N-dealkylation sites (tertiary alicyclic amines) is 1. The van der Waals surface area contributed by atoms with E-state index < -0.39 is 21.7 Å². The molecule has 0 atom stereocenters. The molecule has 3 N–H and O–H groups in total. The number of anilines is 2. The van der Waals surface area contributed by atoms with Gasteiger partial charge < -0.3 is 15.5 Å². The van der Waals surface area contributed by atoms with Crippen molar-refractivity contribution in [1.82, 2.24) is 15.1 Å². The summed E-state index contributed by atoms with van der Waals surface area (Å²) in [6, 6.07) is 17.0. The number of nitrogens with one attached hydrogen (secondary N) is 3. The van der Waals surface area contributed by atoms with E-state index in [9.17, 15) is 26.8 Å². The number of piperidine rings is 1. The van der Waals surface area contributed by atoms with Crippen LogP contribution in [0.3, 0.4) is 0 Å². The van der Waals surface area contributed by atoms with Crippen molar-refractivity contribution >= 4 is 33.3 Å². The van der Waals surface area contributed by atoms with E-state index in [2.05, 4.69) is 27.2 Å². The SMILES string of the molecule is CCCCN(C(=O)Nc1ccc(F)cc1F)C1CCN(Cc2ccc(C(=O)NCc3ccc(NS(C)(=O)=O)cc3)cc2)CC1. The summed E-state index contributed by atoms with van der Waals surface area (Å²) in [5.41, 5.74) is 2.87. The highest BCUT2D eigenvalue weighted by atomic mass is 32.2. The predicted octanol–water partition coefficient (Wildman–Crippen LogP) is 5.56. The Kier molecular flexibility index (Phi) is 11.3. The van der Waals surface area contributed by atoms with Crippen molar-refractivity contribution in [3.8, 4) is 0 Å². The average molecular weight is 628 g/mol. The van der Waals surface area contributed by atoms with Crippen LogP contribution in [0.25, 0.3) is 0 Å². The van der Waals surface area contributed by atoms with Crippen LogP contribution >= 0.6 is 0 Å². The molecule has 4 rings (SSSR count). The Hall–Kier alpha value is -4.03. The van der Waals surface area contributed by atoms with Gasteiger partial charge in [-0.05, 0) is 66.8 Å². The molecular weight excluding hydrogens is 588 g/mol. The second kappa shape index (κ2) is 15.1. The van der Waals surface area contributed by atoms with Crippen LogP contribution in [0, 0.1) is 11.6 Å². The molecule has 1 saturated heterocycles. The Balaban J connectivity index is 1.25. The third kappa shape index (κ3) is 9.75. The first-order valence-electron chi connectivity index (χ1n) is 14.7. The van der Waals surface area contributed by atoms with Crippen LogP contribution in [-0.2, 0) is 23.1 Å². The highest BCUT2D eigenvalue weighted by molar-refractivity contribution is 7.92. The standard InChI is InChI=1S/C32H39F2N5O4S/c1-3-4-17-39(32(41)36-30-14-11-26(33)20-29(30)34)28-15-18-38(19-16-28)22-24-5-9-25(10-6-24)31(40)35-21-23-7-12-27(13-8-23)37-44(2,42)43/h5-14,20,28,37H,3-4,15-19,21-22H2,1-2H3,(H,35,40)(H,36,41). The Morgan fingerprint density at radius 3 is 2.23 bits per heavy atom. The highest BCUT2D eigenvalue weighted by Gasteiger charge is 2.28. The van der Waals surface area contributed by atoms with Crippen molar-refractivity contribution in [2.45, 2.75) is 51.7 Å². The molecule has 1 aliphatic rings. The molecule has 0 bridgehead atoms. The molecule has 0 unspecified atom stereocenters. The van der Waals surface area contributed by atoms with Gasteiger partial charge in [0.25, 0.3) is 5.91 Å². The fourth-order valence-corrected chi connectivity index (χ4v) is 5.72. The van der Waals surface area contributed by atoms with Gasteiger partial charge in [0.15, 0.2) is 0 Å². The van der Waals surface area contributed by atoms with Crippen molar-refractivity contribution in [3.05, 3.63) is 95.1 Å². The molecule has 0 saturated carbocycles. The summed E-state index contributed by atoms with van der Waals surface area (Å²) in [4.78, 5) is 29.8. The van der Waals surface area contributed by atoms with Crippen molar-refractivity contribution in [2.24, 2.45) is 0 Å². The molecular formula is C32H39F2N5O4S. The van der Waals surface area contributed by atoms with Crippen LogP contribution < -0.4 is 15.4 Å². The lowest BCUT2D eigenvalue weighted by Crippen LogP contribution is -2.49. The van der Waals surface area contributed by atoms with Gasteiger partial charge >= 0.3 is 6.03 Å². The summed E-state index contributed by atoms with van der Waals surface area (Å²) in [5, 5.41) is 5.49. The molecule has 12 heteroatoms. The normalized spacial score (nSPS) is 14.2. The fraction of sp³-hybridized carbons (Fsp3) is 0.375. The summed E-state index contributed by atoms with van der Waals surface area (Å²) in [6.45, 7) is 5.20. The Morgan fingerprint density at radius 2 is 1.61 bits per heavy atom. The zero-order valence-electron chi connectivity index (χ0n) is 25.0. The highest BCUT2D eigenvalue weighted by Crippen LogP contribution is 2.22. The molecule has 3 aromatic carbocycles. The lowest BCUT2D eigenvalue weighted by atomic mass is 10.0. The smallest absolute Gasteiger partial charge is 0.322 e. The molecule has 44 heavy (non-hydrogen) atoms. The van der Waals surface area contributed by atoms with E-state index in [0.29, 0.717) is 30.9 Å². The fourth-order valence-electron chi connectivity index (χ4n) is 5.15. The number of hydrogen-bond acceptors (Lipinski definition) is 5. The third-order valence-corrected chi connectivity index (χ3v) is 8.12. The number of rotatable bonds is 12. The molecule has 9 nitrogen and oxygen atoms in total. The van der Waals surface area contributed by atoms with Gasteiger partial charge in [-0.15, -0.1) is 0 Å². The number of carbonyl (C=O) groups is 2. The van der Waals surface area contributed by atoms with E-state index in [-0.39, 0.29) is 23.7 Å². The molecule has 1 fully saturated rings. The first-order valence-corrected chi connectivity index (χ1v) is 16.6. The number of hydrogen-bond donors (Lipinski definition) is 3. The molecule has 0 spiro atoms. The van der Waals surface area contributed by atoms with Crippen molar-refractivity contribution in [2.75, 3.05) is 35.9 Å². The Bertz CT molecular complexity index is 1530. The molecule has 3 amide bonds. The number of benzene rings is 3. The Labute approximate surface area is 257 Å². The summed E-state index contributed by atoms with van der Waals surface area (Å²) >= 11 is 0. The maximum absolute atomic E-state index is 14.1. The maximum Gasteiger partial charge on any atom is 0.322 e. The van der Waals surface area contributed by atoms with Crippen molar-refractivity contribution < 1.29 is 26.8 Å². The van der Waals surface area contributed by atoms with Gasteiger partial charge in [0, 0.05) is 56.1 Å². The summed E-state index contributed by atoms with van der Waals surface area (Å²) < 4.78 is 52.5. The first-order chi connectivity index (χ1) is 21.0. The molecule has 1 heterocycles. The van der Waals surface area contributed by atoms with E-state index in [1.54, 1.807) is 41.3 Å². The minimum absolute atomic E-state index is 0.0135. The van der Waals surface area contributed by atoms with Gasteiger partial charge in [-0.1, -0.05) is 37.6 Å². The van der Waals surface area contributed by atoms with E-state index in [0.717, 1.165) is 68.3 Å². The predicted molar refractivity (Wildman–Crippen MR) is 168 cm³/mol. The third-order valence-electron chi connectivity index (χ3n) is 7.52. The zero-order chi connectivity index (χ0) is 31.7. The molecule has 3 aromatic rings. The van der Waals surface area contributed by atoms with Gasteiger partial charge in [-0.25, -0.2) is 22.0 Å². The van der Waals surface area contributed by atoms with Gasteiger partial charge in [0.05, 0.1) is 11.9 Å². The number of carbonyl (C=O) groups excluding carboxylic acids is 2. The van der Waals surface area contributed by atoms with E-state index in [1.165, 1.54) is 6.07 Å². The van der Waals surface area contributed by atoms with E-state index >= 15 is 0 Å². The second-order valence-electron chi connectivity index (χ2n) is 11.1. The Morgan fingerprint density at radius 1 is 0.955 bits per heavy atom. The summed E-state index contributed by atoms with van der Waals surface area (Å²) in [5.74, 6) is -1.70. The second-order valence-corrected chi connectivity index (χ2v) is 12.8. The zero-order valence-corrected chi connectivity index (χ0v) is 25.8. The number of nitrogens with zero attached hydrogens (tertiary/aromatic N) is 2. The van der Waals surface area contributed by atoms with Crippen LogP contribution in [0.2, 0.25) is 0 Å². The lowest BCUT2D eigenvalue weighted by Gasteiger charge is -2.38. The monoisotopic (exact) mass is 627 g/mol. The minimum atomic E-state index is -3.35. The van der Waals surface area contributed by atoms with Crippen LogP contribution in [0.1, 0.15) is 54.1 Å². The topological polar surface area (TPSA) is 111 Å². The lowest BCUT2D eigenvalue weighted by molar-refractivity contribution is 0.0950. The number of sulfonamides is 1. The average Bonchev–Trinajstić information content (AvgIpc) is 2.98. The molecule has 0 radical (unpaired) electrons. The quantitative estimate of drug-likeness (QED) is 0.243. The summed E-state index contributed by atoms with van der Waals surface area (Å²) in [6.07, 6.45) is 4.38. The van der Waals surface area contributed by atoms with Gasteiger partial charge in [-0.2, -0.15) is 0 Å². The molecule has 0 aliphatic carbocycles. The van der Waals surface area contributed by atoms with Crippen LogP contribution in [-0.4, -0.2) is 62.1 Å². The van der Waals surface area contributed by atoms with Gasteiger partial charge in [0.1, 0.15) is 11.6 Å². The molecule has 236 valence electrons. The minimum Gasteiger partial charge on any atom is -0.348 e. The van der Waals surface area contributed by atoms with Crippen molar-refractivity contribution in [1.29, 1.82) is 0 Å². The number of halogens is 2. The number of unbranched alkanes of at least 4 members (excludes halogenated alkanes) is 1. The maximum atomic E-state index is 14.1. The number of urea groups is 1. The molecule has 0 aromatic heterocycles. The summed E-state index contributed by atoms with van der Waals surface area (Å²) in [7, 11) is -3.35. The van der Waals surface area contributed by atoms with Gasteiger partial charge in [-0.3, -0.25) is 14.4 Å².